The van der Waals surface area contributed by atoms with E-state index in [9.17, 15) is 8.42 Å². The highest BCUT2D eigenvalue weighted by atomic mass is 79.9. The lowest BCUT2D eigenvalue weighted by atomic mass is 10.1. The summed E-state index contributed by atoms with van der Waals surface area (Å²) in [4.78, 5) is 4.33. The number of hydrogen-bond acceptors (Lipinski definition) is 3. The zero-order valence-corrected chi connectivity index (χ0v) is 11.3. The van der Waals surface area contributed by atoms with Gasteiger partial charge in [-0.05, 0) is 40.9 Å². The second kappa shape index (κ2) is 4.43. The fraction of sp³-hybridized carbons (Fsp3) is 0.500. The molecule has 0 bridgehead atoms. The normalized spacial score (nSPS) is 22.5. The SMILES string of the molecule is CS(=O)(=O)N1CCCC1c1cccc(Br)n1. The van der Waals surface area contributed by atoms with Crippen LogP contribution in [-0.2, 0) is 10.0 Å². The van der Waals surface area contributed by atoms with Crippen LogP contribution in [-0.4, -0.2) is 30.5 Å². The van der Waals surface area contributed by atoms with Crippen molar-refractivity contribution in [2.75, 3.05) is 12.8 Å². The number of pyridine rings is 1. The highest BCUT2D eigenvalue weighted by molar-refractivity contribution is 9.10. The third kappa shape index (κ3) is 2.44. The van der Waals surface area contributed by atoms with E-state index in [1.54, 1.807) is 0 Å². The molecule has 4 nitrogen and oxygen atoms in total. The minimum absolute atomic E-state index is 0.104. The zero-order valence-electron chi connectivity index (χ0n) is 8.93. The summed E-state index contributed by atoms with van der Waals surface area (Å²) in [6, 6.07) is 5.49. The lowest BCUT2D eigenvalue weighted by molar-refractivity contribution is 0.394. The average molecular weight is 305 g/mol. The summed E-state index contributed by atoms with van der Waals surface area (Å²) in [5.74, 6) is 0. The summed E-state index contributed by atoms with van der Waals surface area (Å²) < 4.78 is 25.4. The van der Waals surface area contributed by atoms with Crippen molar-refractivity contribution in [3.05, 3.63) is 28.5 Å². The molecule has 0 spiro atoms. The Balaban J connectivity index is 2.34. The molecule has 0 radical (unpaired) electrons. The van der Waals surface area contributed by atoms with Gasteiger partial charge in [0.2, 0.25) is 10.0 Å². The van der Waals surface area contributed by atoms with Gasteiger partial charge in [-0.1, -0.05) is 6.07 Å². The summed E-state index contributed by atoms with van der Waals surface area (Å²) in [7, 11) is -3.13. The lowest BCUT2D eigenvalue weighted by Crippen LogP contribution is -2.29. The van der Waals surface area contributed by atoms with E-state index < -0.39 is 10.0 Å². The Kier molecular flexibility index (Phi) is 3.32. The highest BCUT2D eigenvalue weighted by Crippen LogP contribution is 2.33. The second-order valence-electron chi connectivity index (χ2n) is 3.92. The number of nitrogens with zero attached hydrogens (tertiary/aromatic N) is 2. The summed E-state index contributed by atoms with van der Waals surface area (Å²) in [5, 5.41) is 0. The Labute approximate surface area is 104 Å². The van der Waals surface area contributed by atoms with E-state index in [-0.39, 0.29) is 6.04 Å². The van der Waals surface area contributed by atoms with Gasteiger partial charge in [0.15, 0.2) is 0 Å². The van der Waals surface area contributed by atoms with Crippen molar-refractivity contribution < 1.29 is 8.42 Å². The molecule has 16 heavy (non-hydrogen) atoms. The predicted molar refractivity (Wildman–Crippen MR) is 65.5 cm³/mol. The van der Waals surface area contributed by atoms with Crippen molar-refractivity contribution in [1.29, 1.82) is 0 Å². The molecule has 0 aromatic carbocycles. The smallest absolute Gasteiger partial charge is 0.211 e. The summed E-state index contributed by atoms with van der Waals surface area (Å²) in [6.07, 6.45) is 2.99. The average Bonchev–Trinajstić information content (AvgIpc) is 2.65. The molecular weight excluding hydrogens is 292 g/mol. The van der Waals surface area contributed by atoms with Gasteiger partial charge in [0, 0.05) is 6.54 Å². The summed E-state index contributed by atoms with van der Waals surface area (Å²) in [5.41, 5.74) is 0.817. The van der Waals surface area contributed by atoms with Crippen molar-refractivity contribution in [3.63, 3.8) is 0 Å². The van der Waals surface area contributed by atoms with Crippen molar-refractivity contribution in [3.8, 4) is 0 Å². The van der Waals surface area contributed by atoms with Gasteiger partial charge < -0.3 is 0 Å². The Morgan fingerprint density at radius 1 is 1.50 bits per heavy atom. The maximum absolute atomic E-state index is 11.6. The first kappa shape index (κ1) is 12.0. The van der Waals surface area contributed by atoms with E-state index >= 15 is 0 Å². The number of halogens is 1. The van der Waals surface area contributed by atoms with E-state index in [2.05, 4.69) is 20.9 Å². The monoisotopic (exact) mass is 304 g/mol. The number of rotatable bonds is 2. The minimum atomic E-state index is -3.13. The quantitative estimate of drug-likeness (QED) is 0.785. The molecule has 0 aliphatic carbocycles. The van der Waals surface area contributed by atoms with Gasteiger partial charge in [-0.25, -0.2) is 13.4 Å². The Bertz CT molecular complexity index is 489. The number of hydrogen-bond donors (Lipinski definition) is 0. The first-order valence-corrected chi connectivity index (χ1v) is 7.72. The van der Waals surface area contributed by atoms with Gasteiger partial charge in [0.1, 0.15) is 4.60 Å². The van der Waals surface area contributed by atoms with Crippen molar-refractivity contribution in [2.24, 2.45) is 0 Å². The van der Waals surface area contributed by atoms with Crippen LogP contribution in [0.4, 0.5) is 0 Å². The lowest BCUT2D eigenvalue weighted by Gasteiger charge is -2.21. The van der Waals surface area contributed by atoms with Crippen LogP contribution in [0.15, 0.2) is 22.8 Å². The van der Waals surface area contributed by atoms with E-state index in [0.717, 1.165) is 23.1 Å². The zero-order chi connectivity index (χ0) is 11.8. The maximum Gasteiger partial charge on any atom is 0.211 e. The van der Waals surface area contributed by atoms with Crippen molar-refractivity contribution in [2.45, 2.75) is 18.9 Å². The number of aromatic nitrogens is 1. The van der Waals surface area contributed by atoms with Crippen LogP contribution in [0, 0.1) is 0 Å². The molecule has 6 heteroatoms. The van der Waals surface area contributed by atoms with Gasteiger partial charge in [0.05, 0.1) is 18.0 Å². The summed E-state index contributed by atoms with van der Waals surface area (Å²) in [6.45, 7) is 0.595. The largest absolute Gasteiger partial charge is 0.244 e. The molecule has 88 valence electrons. The Morgan fingerprint density at radius 2 is 2.25 bits per heavy atom. The van der Waals surface area contributed by atoms with Gasteiger partial charge >= 0.3 is 0 Å². The van der Waals surface area contributed by atoms with Gasteiger partial charge in [0.25, 0.3) is 0 Å². The second-order valence-corrected chi connectivity index (χ2v) is 6.66. The van der Waals surface area contributed by atoms with Gasteiger partial charge in [-0.3, -0.25) is 0 Å². The molecule has 1 saturated heterocycles. The Morgan fingerprint density at radius 3 is 2.88 bits per heavy atom. The molecule has 1 aromatic heterocycles. The minimum Gasteiger partial charge on any atom is -0.244 e. The fourth-order valence-electron chi connectivity index (χ4n) is 2.04. The summed E-state index contributed by atoms with van der Waals surface area (Å²) >= 11 is 3.30. The van der Waals surface area contributed by atoms with E-state index in [1.165, 1.54) is 10.6 Å². The maximum atomic E-state index is 11.6. The Hall–Kier alpha value is -0.460. The molecule has 1 atom stereocenters. The first-order chi connectivity index (χ1) is 7.48. The molecule has 2 heterocycles. The molecule has 0 amide bonds. The molecule has 1 aliphatic heterocycles. The highest BCUT2D eigenvalue weighted by Gasteiger charge is 2.33. The molecule has 1 fully saturated rings. The molecule has 1 aliphatic rings. The van der Waals surface area contributed by atoms with Crippen LogP contribution in [0.1, 0.15) is 24.6 Å². The standard InChI is InChI=1S/C10H13BrN2O2S/c1-16(14,15)13-7-3-5-9(13)8-4-2-6-10(11)12-8/h2,4,6,9H,3,5,7H2,1H3. The molecule has 0 N–H and O–H groups in total. The predicted octanol–water partition coefficient (Wildman–Crippen LogP) is 1.94. The third-order valence-corrected chi connectivity index (χ3v) is 4.44. The van der Waals surface area contributed by atoms with Crippen LogP contribution < -0.4 is 0 Å². The molecule has 0 saturated carbocycles. The fourth-order valence-corrected chi connectivity index (χ4v) is 3.54. The van der Waals surface area contributed by atoms with E-state index in [0.29, 0.717) is 6.54 Å². The van der Waals surface area contributed by atoms with Crippen molar-refractivity contribution >= 4 is 26.0 Å². The molecular formula is C10H13BrN2O2S. The van der Waals surface area contributed by atoms with Gasteiger partial charge in [-0.15, -0.1) is 0 Å². The van der Waals surface area contributed by atoms with Crippen LogP contribution in [0.2, 0.25) is 0 Å². The van der Waals surface area contributed by atoms with Gasteiger partial charge in [-0.2, -0.15) is 4.31 Å². The molecule has 1 unspecified atom stereocenters. The van der Waals surface area contributed by atoms with Crippen LogP contribution in [0.25, 0.3) is 0 Å². The molecule has 1 aromatic rings. The number of sulfonamides is 1. The van der Waals surface area contributed by atoms with E-state index in [4.69, 9.17) is 0 Å². The van der Waals surface area contributed by atoms with Crippen LogP contribution in [0.3, 0.4) is 0 Å². The van der Waals surface area contributed by atoms with Crippen LogP contribution >= 0.6 is 15.9 Å². The topological polar surface area (TPSA) is 50.3 Å². The van der Waals surface area contributed by atoms with E-state index in [1.807, 2.05) is 18.2 Å². The van der Waals surface area contributed by atoms with Crippen LogP contribution in [0.5, 0.6) is 0 Å². The third-order valence-electron chi connectivity index (χ3n) is 2.71. The first-order valence-electron chi connectivity index (χ1n) is 5.08. The van der Waals surface area contributed by atoms with Crippen molar-refractivity contribution in [1.82, 2.24) is 9.29 Å². The molecule has 2 rings (SSSR count).